The number of sulfonamides is 1. The van der Waals surface area contributed by atoms with Crippen molar-refractivity contribution in [3.05, 3.63) is 94.2 Å². The Morgan fingerprint density at radius 1 is 1.07 bits per heavy atom. The number of carboxylic acids is 1. The number of halogens is 5. The number of nitrogens with zero attached hydrogens (tertiary/aromatic N) is 1. The fourth-order valence-electron chi connectivity index (χ4n) is 3.89. The van der Waals surface area contributed by atoms with E-state index in [0.717, 1.165) is 0 Å². The molecule has 224 valence electrons. The van der Waals surface area contributed by atoms with E-state index < -0.39 is 33.5 Å². The minimum Gasteiger partial charge on any atom is -0.496 e. The van der Waals surface area contributed by atoms with Crippen LogP contribution in [-0.2, 0) is 14.8 Å². The van der Waals surface area contributed by atoms with Gasteiger partial charge in [0.15, 0.2) is 5.82 Å². The molecule has 43 heavy (non-hydrogen) atoms. The number of aliphatic carboxylic acids is 1. The first kappa shape index (κ1) is 31.1. The maximum atomic E-state index is 13.8. The number of aromatic nitrogens is 2. The number of carboxylic acid groups (broad SMARTS) is 1. The van der Waals surface area contributed by atoms with Gasteiger partial charge in [-0.15, -0.1) is 0 Å². The molecule has 5 rings (SSSR count). The molecular formula is C27H18ClF4N3O7S. The molecule has 0 atom stereocenters. The maximum absolute atomic E-state index is 13.8. The van der Waals surface area contributed by atoms with Gasteiger partial charge in [-0.2, -0.15) is 13.2 Å². The number of nitrogens with one attached hydrogen (secondary N) is 2. The summed E-state index contributed by atoms with van der Waals surface area (Å²) >= 11 is 6.57. The van der Waals surface area contributed by atoms with Gasteiger partial charge in [-0.25, -0.2) is 17.6 Å². The van der Waals surface area contributed by atoms with E-state index in [0.29, 0.717) is 43.9 Å². The molecule has 0 unspecified atom stereocenters. The van der Waals surface area contributed by atoms with Gasteiger partial charge >= 0.3 is 12.1 Å². The number of methoxy groups -OCH3 is 1. The Morgan fingerprint density at radius 3 is 2.40 bits per heavy atom. The summed E-state index contributed by atoms with van der Waals surface area (Å²) in [6, 6.07) is 16.3. The van der Waals surface area contributed by atoms with Gasteiger partial charge in [-0.3, -0.25) is 9.52 Å². The van der Waals surface area contributed by atoms with Crippen molar-refractivity contribution < 1.29 is 45.1 Å². The summed E-state index contributed by atoms with van der Waals surface area (Å²) in [6.07, 6.45) is -3.85. The highest BCUT2D eigenvalue weighted by molar-refractivity contribution is 7.92. The quantitative estimate of drug-likeness (QED) is 0.189. The van der Waals surface area contributed by atoms with E-state index in [1.165, 1.54) is 49.8 Å². The molecule has 2 aromatic heterocycles. The summed E-state index contributed by atoms with van der Waals surface area (Å²) in [5.74, 6) is -2.76. The highest BCUT2D eigenvalue weighted by Crippen LogP contribution is 2.40. The van der Waals surface area contributed by atoms with Gasteiger partial charge in [0.1, 0.15) is 17.8 Å². The zero-order valence-electron chi connectivity index (χ0n) is 21.6. The van der Waals surface area contributed by atoms with Crippen molar-refractivity contribution in [1.82, 2.24) is 10.1 Å². The lowest BCUT2D eigenvalue weighted by molar-refractivity contribution is -0.192. The zero-order valence-corrected chi connectivity index (χ0v) is 23.1. The van der Waals surface area contributed by atoms with Crippen molar-refractivity contribution in [2.45, 2.75) is 11.1 Å². The smallest absolute Gasteiger partial charge is 0.490 e. The average Bonchev–Trinajstić information content (AvgIpc) is 3.44. The number of anilines is 1. The largest absolute Gasteiger partial charge is 0.496 e. The Bertz CT molecular complexity index is 1980. The first-order valence-corrected chi connectivity index (χ1v) is 13.6. The van der Waals surface area contributed by atoms with Gasteiger partial charge in [0.05, 0.1) is 17.7 Å². The molecule has 3 N–H and O–H groups in total. The molecule has 3 aromatic carbocycles. The lowest BCUT2D eigenvalue weighted by Crippen LogP contribution is -2.21. The van der Waals surface area contributed by atoms with E-state index >= 15 is 0 Å². The predicted octanol–water partition coefficient (Wildman–Crippen LogP) is 6.09. The van der Waals surface area contributed by atoms with Crippen molar-refractivity contribution in [1.29, 1.82) is 0 Å². The Labute approximate surface area is 244 Å². The Kier molecular flexibility index (Phi) is 8.77. The molecular weight excluding hydrogens is 622 g/mol. The fourth-order valence-corrected chi connectivity index (χ4v) is 5.19. The summed E-state index contributed by atoms with van der Waals surface area (Å²) in [5, 5.41) is 11.9. The van der Waals surface area contributed by atoms with E-state index in [4.69, 9.17) is 26.2 Å². The summed E-state index contributed by atoms with van der Waals surface area (Å²) in [6.45, 7) is 0. The molecule has 0 aliphatic heterocycles. The third kappa shape index (κ3) is 7.13. The Hall–Kier alpha value is -4.89. The number of pyridine rings is 1. The molecule has 0 radical (unpaired) electrons. The third-order valence-electron chi connectivity index (χ3n) is 5.75. The van der Waals surface area contributed by atoms with Gasteiger partial charge in [0.25, 0.3) is 10.0 Å². The van der Waals surface area contributed by atoms with E-state index in [1.807, 2.05) is 0 Å². The normalized spacial score (nSPS) is 11.5. The average molecular weight is 640 g/mol. The van der Waals surface area contributed by atoms with Gasteiger partial charge in [-0.05, 0) is 47.3 Å². The topological polar surface area (TPSA) is 152 Å². The number of H-pyrrole nitrogens is 1. The number of hydrogen-bond acceptors (Lipinski definition) is 7. The second-order valence-corrected chi connectivity index (χ2v) is 10.7. The monoisotopic (exact) mass is 639 g/mol. The molecule has 0 saturated carbocycles. The van der Waals surface area contributed by atoms with Crippen molar-refractivity contribution in [3.63, 3.8) is 0 Å². The first-order valence-electron chi connectivity index (χ1n) is 11.7. The number of benzene rings is 3. The van der Waals surface area contributed by atoms with Gasteiger partial charge in [-0.1, -0.05) is 35.0 Å². The number of aromatic amines is 1. The SMILES string of the molecule is COc1cc(-c2cccc(F)c2)c(Cl)cc1-c1[nH]c(=O)cc2cc(S(=O)(=O)Nc3ccon3)ccc12.O=C(O)C(F)(F)F. The van der Waals surface area contributed by atoms with Crippen LogP contribution in [0.3, 0.4) is 0 Å². The molecule has 0 fully saturated rings. The third-order valence-corrected chi connectivity index (χ3v) is 7.42. The van der Waals surface area contributed by atoms with Crippen LogP contribution in [0.4, 0.5) is 23.4 Å². The Balaban J connectivity index is 0.000000541. The van der Waals surface area contributed by atoms with Gasteiger partial charge in [0, 0.05) is 33.7 Å². The standard InChI is InChI=1S/C25H17ClFN3O5S.C2HF3O2/c1-34-22-13-19(14-3-2-4-16(27)9-14)21(26)12-20(22)25-18-6-5-17(10-15(18)11-24(31)28-25)36(32,33)30-23-7-8-35-29-23;3-2(4,5)1(6)7/h2-13H,1H3,(H,28,31)(H,29,30);(H,6,7). The number of fused-ring (bicyclic) bond motifs is 1. The van der Waals surface area contributed by atoms with E-state index in [9.17, 15) is 30.8 Å². The number of rotatable bonds is 6. The van der Waals surface area contributed by atoms with Crippen LogP contribution in [-0.4, -0.2) is 42.9 Å². The van der Waals surface area contributed by atoms with Crippen LogP contribution in [0.15, 0.2) is 87.2 Å². The zero-order chi connectivity index (χ0) is 31.5. The minimum absolute atomic E-state index is 0.0273. The van der Waals surface area contributed by atoms with Crippen LogP contribution in [0.2, 0.25) is 5.02 Å². The molecule has 0 aliphatic carbocycles. The number of alkyl halides is 3. The van der Waals surface area contributed by atoms with Crippen LogP contribution in [0.1, 0.15) is 0 Å². The van der Waals surface area contributed by atoms with E-state index in [-0.39, 0.29) is 10.7 Å². The molecule has 0 saturated heterocycles. The van der Waals surface area contributed by atoms with E-state index in [2.05, 4.69) is 19.4 Å². The first-order chi connectivity index (χ1) is 20.2. The predicted molar refractivity (Wildman–Crippen MR) is 148 cm³/mol. The molecule has 16 heteroatoms. The van der Waals surface area contributed by atoms with Crippen LogP contribution in [0.25, 0.3) is 33.2 Å². The molecule has 0 spiro atoms. The van der Waals surface area contributed by atoms with Crippen LogP contribution >= 0.6 is 11.6 Å². The lowest BCUT2D eigenvalue weighted by Gasteiger charge is -2.15. The Morgan fingerprint density at radius 2 is 1.79 bits per heavy atom. The second-order valence-electron chi connectivity index (χ2n) is 8.59. The van der Waals surface area contributed by atoms with Crippen molar-refractivity contribution >= 4 is 44.2 Å². The van der Waals surface area contributed by atoms with Gasteiger partial charge in [0.2, 0.25) is 5.56 Å². The summed E-state index contributed by atoms with van der Waals surface area (Å²) in [4.78, 5) is 24.2. The lowest BCUT2D eigenvalue weighted by atomic mass is 9.98. The molecule has 10 nitrogen and oxygen atoms in total. The van der Waals surface area contributed by atoms with E-state index in [1.54, 1.807) is 30.3 Å². The summed E-state index contributed by atoms with van der Waals surface area (Å²) < 4.78 is 83.6. The minimum atomic E-state index is -5.08. The van der Waals surface area contributed by atoms with Crippen molar-refractivity contribution in [2.75, 3.05) is 11.8 Å². The summed E-state index contributed by atoms with van der Waals surface area (Å²) in [5.41, 5.74) is 1.51. The second kappa shape index (κ2) is 12.1. The number of carbonyl (C=O) groups is 1. The van der Waals surface area contributed by atoms with Gasteiger partial charge < -0.3 is 19.4 Å². The number of ether oxygens (including phenoxy) is 1. The molecule has 0 bridgehead atoms. The molecule has 5 aromatic rings. The van der Waals surface area contributed by atoms with Crippen LogP contribution in [0, 0.1) is 5.82 Å². The van der Waals surface area contributed by atoms with Crippen molar-refractivity contribution in [2.24, 2.45) is 0 Å². The highest BCUT2D eigenvalue weighted by atomic mass is 35.5. The molecule has 0 amide bonds. The maximum Gasteiger partial charge on any atom is 0.490 e. The molecule has 2 heterocycles. The van der Waals surface area contributed by atoms with Crippen molar-refractivity contribution in [3.8, 4) is 28.1 Å². The van der Waals surface area contributed by atoms with Crippen LogP contribution < -0.4 is 15.0 Å². The molecule has 0 aliphatic rings. The number of hydrogen-bond donors (Lipinski definition) is 3. The summed E-state index contributed by atoms with van der Waals surface area (Å²) in [7, 11) is -2.52. The van der Waals surface area contributed by atoms with Crippen LogP contribution in [0.5, 0.6) is 5.75 Å². The highest BCUT2D eigenvalue weighted by Gasteiger charge is 2.38. The fraction of sp³-hybridized carbons (Fsp3) is 0.0741.